The Bertz CT molecular complexity index is 408. The van der Waals surface area contributed by atoms with E-state index in [1.54, 1.807) is 0 Å². The number of H-pyrrole nitrogens is 2. The van der Waals surface area contributed by atoms with Crippen LogP contribution in [0.4, 0.5) is 0 Å². The topological polar surface area (TPSA) is 71.7 Å². The van der Waals surface area contributed by atoms with E-state index in [0.717, 1.165) is 0 Å². The Hall–Kier alpha value is -0.590. The number of hydrogen-bond donors (Lipinski definition) is 2. The molecule has 6 heteroatoms. The Morgan fingerprint density at radius 2 is 2.15 bits per heavy atom. The van der Waals surface area contributed by atoms with Crippen LogP contribution in [-0.2, 0) is 17.6 Å². The van der Waals surface area contributed by atoms with E-state index in [-0.39, 0.29) is 10.3 Å². The average molecular weight is 218 g/mol. The second-order valence-corrected chi connectivity index (χ2v) is 4.25. The van der Waals surface area contributed by atoms with Crippen LogP contribution in [0.15, 0.2) is 9.82 Å². The Morgan fingerprint density at radius 3 is 2.62 bits per heavy atom. The number of hydrogen-bond acceptors (Lipinski definition) is 3. The first-order valence-corrected chi connectivity index (χ1v) is 5.71. The van der Waals surface area contributed by atoms with Crippen molar-refractivity contribution in [2.75, 3.05) is 6.26 Å². The Balaban J connectivity index is 3.48. The number of nitrogens with one attached hydrogen (secondary N) is 2. The van der Waals surface area contributed by atoms with E-state index in [9.17, 15) is 9.35 Å². The molecule has 0 aliphatic carbocycles. The molecule has 0 aliphatic rings. The molecule has 1 atom stereocenters. The quantitative estimate of drug-likeness (QED) is 0.437. The number of rotatable bonds is 2. The molecule has 1 aromatic heterocycles. The fraction of sp³-hybridized carbons (Fsp3) is 0.429. The van der Waals surface area contributed by atoms with Crippen molar-refractivity contribution in [1.82, 2.24) is 9.97 Å². The van der Waals surface area contributed by atoms with Crippen molar-refractivity contribution in [2.45, 2.75) is 18.4 Å². The molecular formula is C7H10N2O2S2. The monoisotopic (exact) mass is 218 g/mol. The van der Waals surface area contributed by atoms with Gasteiger partial charge < -0.3 is 4.55 Å². The molecule has 13 heavy (non-hydrogen) atoms. The highest BCUT2D eigenvalue weighted by Gasteiger charge is 2.14. The van der Waals surface area contributed by atoms with Gasteiger partial charge in [-0.3, -0.25) is 14.8 Å². The van der Waals surface area contributed by atoms with Crippen molar-refractivity contribution in [3.63, 3.8) is 0 Å². The standard InChI is InChI=1S/C7H10N2O2S2/c1-3-4-5(10)8-7(12)9-6(4)13(2)11/h3H2,1-2H3,(H2,8,9,10,12). The van der Waals surface area contributed by atoms with Crippen molar-refractivity contribution in [3.8, 4) is 0 Å². The molecule has 1 rings (SSSR count). The Morgan fingerprint density at radius 1 is 1.54 bits per heavy atom. The highest BCUT2D eigenvalue weighted by atomic mass is 32.2. The first-order chi connectivity index (χ1) is 6.06. The van der Waals surface area contributed by atoms with Gasteiger partial charge in [0.2, 0.25) is 5.03 Å². The molecule has 1 heterocycles. The van der Waals surface area contributed by atoms with Crippen molar-refractivity contribution in [3.05, 3.63) is 20.7 Å². The molecule has 0 saturated heterocycles. The molecule has 1 unspecified atom stereocenters. The van der Waals surface area contributed by atoms with E-state index in [1.165, 1.54) is 6.26 Å². The third-order valence-corrected chi connectivity index (χ3v) is 2.77. The lowest BCUT2D eigenvalue weighted by molar-refractivity contribution is 0.594. The fourth-order valence-electron chi connectivity index (χ4n) is 1.06. The molecule has 1 aromatic rings. The molecule has 0 aromatic carbocycles. The van der Waals surface area contributed by atoms with Gasteiger partial charge in [0.05, 0.1) is 5.56 Å². The van der Waals surface area contributed by atoms with Crippen LogP contribution in [0.3, 0.4) is 0 Å². The second kappa shape index (κ2) is 4.08. The lowest BCUT2D eigenvalue weighted by Crippen LogP contribution is -2.19. The molecular weight excluding hydrogens is 208 g/mol. The summed E-state index contributed by atoms with van der Waals surface area (Å²) in [5.74, 6) is 0. The number of aromatic nitrogens is 2. The van der Waals surface area contributed by atoms with Gasteiger partial charge in [0.1, 0.15) is 6.26 Å². The van der Waals surface area contributed by atoms with Crippen LogP contribution >= 0.6 is 12.2 Å². The van der Waals surface area contributed by atoms with Crippen molar-refractivity contribution >= 4 is 23.4 Å². The first kappa shape index (κ1) is 10.5. The van der Waals surface area contributed by atoms with Gasteiger partial charge in [-0.25, -0.2) is 0 Å². The van der Waals surface area contributed by atoms with Gasteiger partial charge in [0.15, 0.2) is 4.77 Å². The van der Waals surface area contributed by atoms with E-state index in [1.807, 2.05) is 6.92 Å². The lowest BCUT2D eigenvalue weighted by atomic mass is 10.3. The summed E-state index contributed by atoms with van der Waals surface area (Å²) in [6.07, 6.45) is 2.05. The van der Waals surface area contributed by atoms with Crippen molar-refractivity contribution < 1.29 is 4.55 Å². The van der Waals surface area contributed by atoms with Crippen LogP contribution in [0.1, 0.15) is 12.5 Å². The molecule has 4 nitrogen and oxygen atoms in total. The van der Waals surface area contributed by atoms with Crippen LogP contribution in [0, 0.1) is 4.77 Å². The minimum atomic E-state index is -1.20. The third kappa shape index (κ3) is 2.20. The summed E-state index contributed by atoms with van der Waals surface area (Å²) in [5, 5.41) is 0.427. The molecule has 0 fully saturated rings. The van der Waals surface area contributed by atoms with E-state index in [2.05, 4.69) is 9.97 Å². The third-order valence-electron chi connectivity index (χ3n) is 1.64. The zero-order chi connectivity index (χ0) is 10.0. The van der Waals surface area contributed by atoms with Crippen LogP contribution in [-0.4, -0.2) is 20.8 Å². The van der Waals surface area contributed by atoms with E-state index in [0.29, 0.717) is 17.0 Å². The summed E-state index contributed by atoms with van der Waals surface area (Å²) in [5.41, 5.74) is 0.255. The van der Waals surface area contributed by atoms with Gasteiger partial charge in [-0.05, 0) is 18.6 Å². The normalized spacial score (nSPS) is 12.8. The van der Waals surface area contributed by atoms with Crippen molar-refractivity contribution in [2.24, 2.45) is 0 Å². The Labute approximate surface area is 83.6 Å². The molecule has 0 bridgehead atoms. The maximum atomic E-state index is 11.3. The van der Waals surface area contributed by atoms with Crippen LogP contribution in [0.5, 0.6) is 0 Å². The summed E-state index contributed by atoms with van der Waals surface area (Å²) in [6, 6.07) is 0. The van der Waals surface area contributed by atoms with Gasteiger partial charge in [0.25, 0.3) is 5.56 Å². The minimum absolute atomic E-state index is 0.215. The summed E-state index contributed by atoms with van der Waals surface area (Å²) in [4.78, 5) is 16.5. The molecule has 0 spiro atoms. The summed E-state index contributed by atoms with van der Waals surface area (Å²) < 4.78 is 11.4. The molecule has 0 radical (unpaired) electrons. The lowest BCUT2D eigenvalue weighted by Gasteiger charge is -2.06. The van der Waals surface area contributed by atoms with E-state index in [4.69, 9.17) is 12.2 Å². The SMILES string of the molecule is CCc1c([S+](C)[O-])[nH]c(=S)[nH]c1=O. The first-order valence-electron chi connectivity index (χ1n) is 3.75. The zero-order valence-corrected chi connectivity index (χ0v) is 8.97. The van der Waals surface area contributed by atoms with Gasteiger partial charge >= 0.3 is 0 Å². The molecule has 0 amide bonds. The van der Waals surface area contributed by atoms with Crippen molar-refractivity contribution in [1.29, 1.82) is 0 Å². The van der Waals surface area contributed by atoms with Crippen LogP contribution in [0.2, 0.25) is 0 Å². The summed E-state index contributed by atoms with van der Waals surface area (Å²) >= 11 is 3.57. The maximum Gasteiger partial charge on any atom is 0.260 e. The fourth-order valence-corrected chi connectivity index (χ4v) is 2.15. The molecule has 0 aliphatic heterocycles. The van der Waals surface area contributed by atoms with Gasteiger partial charge in [-0.1, -0.05) is 6.92 Å². The highest BCUT2D eigenvalue weighted by Crippen LogP contribution is 2.07. The predicted octanol–water partition coefficient (Wildman–Crippen LogP) is 0.732. The molecule has 2 N–H and O–H groups in total. The van der Waals surface area contributed by atoms with E-state index < -0.39 is 11.2 Å². The van der Waals surface area contributed by atoms with Crippen LogP contribution in [0.25, 0.3) is 0 Å². The maximum absolute atomic E-state index is 11.3. The second-order valence-electron chi connectivity index (χ2n) is 2.52. The van der Waals surface area contributed by atoms with E-state index >= 15 is 0 Å². The minimum Gasteiger partial charge on any atom is -0.610 e. The zero-order valence-electron chi connectivity index (χ0n) is 7.34. The highest BCUT2D eigenvalue weighted by molar-refractivity contribution is 7.90. The summed E-state index contributed by atoms with van der Waals surface area (Å²) in [7, 11) is 0. The van der Waals surface area contributed by atoms with Gasteiger partial charge in [0, 0.05) is 11.2 Å². The van der Waals surface area contributed by atoms with Crippen LogP contribution < -0.4 is 5.56 Å². The predicted molar refractivity (Wildman–Crippen MR) is 54.0 cm³/mol. The number of aromatic amines is 2. The Kier molecular flexibility index (Phi) is 3.29. The average Bonchev–Trinajstić information content (AvgIpc) is 2.02. The molecule has 0 saturated carbocycles. The summed E-state index contributed by atoms with van der Waals surface area (Å²) in [6.45, 7) is 1.83. The smallest absolute Gasteiger partial charge is 0.260 e. The molecule has 72 valence electrons. The largest absolute Gasteiger partial charge is 0.610 e. The van der Waals surface area contributed by atoms with Gasteiger partial charge in [-0.15, -0.1) is 0 Å². The van der Waals surface area contributed by atoms with Gasteiger partial charge in [-0.2, -0.15) is 0 Å².